The summed E-state index contributed by atoms with van der Waals surface area (Å²) >= 11 is 0. The van der Waals surface area contributed by atoms with Gasteiger partial charge in [-0.25, -0.2) is 0 Å². The maximum atomic E-state index is 9.35. The van der Waals surface area contributed by atoms with E-state index in [1.165, 1.54) is 0 Å². The molecule has 74 valence electrons. The Hall–Kier alpha value is -0.120. The Balaban J connectivity index is 3.13. The highest BCUT2D eigenvalue weighted by Gasteiger charge is 2.02. The third-order valence-corrected chi connectivity index (χ3v) is 1.71. The second-order valence-corrected chi connectivity index (χ2v) is 3.30. The Morgan fingerprint density at radius 1 is 1.25 bits per heavy atom. The monoisotopic (exact) mass is 175 g/mol. The van der Waals surface area contributed by atoms with E-state index in [0.717, 1.165) is 19.3 Å². The summed E-state index contributed by atoms with van der Waals surface area (Å²) < 4.78 is 0. The van der Waals surface area contributed by atoms with E-state index in [9.17, 15) is 5.11 Å². The summed E-state index contributed by atoms with van der Waals surface area (Å²) in [6, 6.07) is 0. The van der Waals surface area contributed by atoms with Crippen LogP contribution in [0.4, 0.5) is 0 Å². The molecule has 0 aromatic rings. The molecule has 0 saturated heterocycles. The van der Waals surface area contributed by atoms with Crippen LogP contribution in [-0.4, -0.2) is 35.5 Å². The smallest absolute Gasteiger partial charge is 0.0664 e. The van der Waals surface area contributed by atoms with Gasteiger partial charge in [0.2, 0.25) is 0 Å². The lowest BCUT2D eigenvalue weighted by Gasteiger charge is -2.11. The molecule has 0 amide bonds. The summed E-state index contributed by atoms with van der Waals surface area (Å²) in [5, 5.41) is 21.2. The molecule has 12 heavy (non-hydrogen) atoms. The SMILES string of the molecule is CCCCC(O)CNCC(C)O. The van der Waals surface area contributed by atoms with Gasteiger partial charge in [-0.15, -0.1) is 0 Å². The Morgan fingerprint density at radius 3 is 2.42 bits per heavy atom. The molecule has 0 radical (unpaired) electrons. The molecule has 0 spiro atoms. The number of hydrogen-bond donors (Lipinski definition) is 3. The largest absolute Gasteiger partial charge is 0.392 e. The minimum atomic E-state index is -0.330. The molecule has 0 rings (SSSR count). The normalized spacial score (nSPS) is 16.0. The van der Waals surface area contributed by atoms with Crippen LogP contribution in [0.3, 0.4) is 0 Å². The molecule has 0 aliphatic heterocycles. The Morgan fingerprint density at radius 2 is 1.92 bits per heavy atom. The van der Waals surface area contributed by atoms with Crippen molar-refractivity contribution in [1.82, 2.24) is 5.32 Å². The number of unbranched alkanes of at least 4 members (excludes halogenated alkanes) is 1. The van der Waals surface area contributed by atoms with Gasteiger partial charge in [-0.2, -0.15) is 0 Å². The summed E-state index contributed by atoms with van der Waals surface area (Å²) in [4.78, 5) is 0. The summed E-state index contributed by atoms with van der Waals surface area (Å²) in [7, 11) is 0. The molecule has 0 saturated carbocycles. The highest BCUT2D eigenvalue weighted by atomic mass is 16.3. The van der Waals surface area contributed by atoms with Crippen molar-refractivity contribution in [2.24, 2.45) is 0 Å². The molecule has 3 N–H and O–H groups in total. The van der Waals surface area contributed by atoms with Gasteiger partial charge in [-0.3, -0.25) is 0 Å². The average Bonchev–Trinajstić information content (AvgIpc) is 2.00. The Labute approximate surface area is 74.8 Å². The first-order chi connectivity index (χ1) is 5.66. The van der Waals surface area contributed by atoms with Crippen LogP contribution in [0.15, 0.2) is 0 Å². The summed E-state index contributed by atoms with van der Waals surface area (Å²) in [5.41, 5.74) is 0. The zero-order valence-electron chi connectivity index (χ0n) is 8.08. The van der Waals surface area contributed by atoms with Gasteiger partial charge in [0.15, 0.2) is 0 Å². The second kappa shape index (κ2) is 7.53. The first kappa shape index (κ1) is 11.9. The van der Waals surface area contributed by atoms with E-state index in [4.69, 9.17) is 5.11 Å². The van der Waals surface area contributed by atoms with Crippen molar-refractivity contribution in [2.45, 2.75) is 45.3 Å². The predicted molar refractivity (Wildman–Crippen MR) is 50.1 cm³/mol. The highest BCUT2D eigenvalue weighted by Crippen LogP contribution is 1.98. The van der Waals surface area contributed by atoms with Gasteiger partial charge >= 0.3 is 0 Å². The van der Waals surface area contributed by atoms with E-state index in [1.54, 1.807) is 6.92 Å². The van der Waals surface area contributed by atoms with Gasteiger partial charge in [0.25, 0.3) is 0 Å². The molecule has 3 heteroatoms. The van der Waals surface area contributed by atoms with Crippen molar-refractivity contribution in [3.05, 3.63) is 0 Å². The number of aliphatic hydroxyl groups is 2. The lowest BCUT2D eigenvalue weighted by molar-refractivity contribution is 0.144. The third-order valence-electron chi connectivity index (χ3n) is 1.71. The third kappa shape index (κ3) is 7.98. The first-order valence-corrected chi connectivity index (χ1v) is 4.73. The Kier molecular flexibility index (Phi) is 7.45. The van der Waals surface area contributed by atoms with Gasteiger partial charge in [0.1, 0.15) is 0 Å². The van der Waals surface area contributed by atoms with Crippen LogP contribution < -0.4 is 5.32 Å². The van der Waals surface area contributed by atoms with E-state index < -0.39 is 0 Å². The summed E-state index contributed by atoms with van der Waals surface area (Å²) in [6.07, 6.45) is 2.45. The molecule has 0 aliphatic carbocycles. The standard InChI is InChI=1S/C9H21NO2/c1-3-4-5-9(12)7-10-6-8(2)11/h8-12H,3-7H2,1-2H3. The lowest BCUT2D eigenvalue weighted by atomic mass is 10.1. The van der Waals surface area contributed by atoms with Gasteiger partial charge in [-0.1, -0.05) is 19.8 Å². The maximum absolute atomic E-state index is 9.35. The van der Waals surface area contributed by atoms with Crippen LogP contribution in [0, 0.1) is 0 Å². The number of nitrogens with one attached hydrogen (secondary N) is 1. The van der Waals surface area contributed by atoms with E-state index in [-0.39, 0.29) is 12.2 Å². The molecule has 0 aromatic carbocycles. The fourth-order valence-electron chi connectivity index (χ4n) is 1.00. The number of aliphatic hydroxyl groups excluding tert-OH is 2. The van der Waals surface area contributed by atoms with E-state index in [0.29, 0.717) is 13.1 Å². The van der Waals surface area contributed by atoms with Crippen molar-refractivity contribution < 1.29 is 10.2 Å². The fourth-order valence-corrected chi connectivity index (χ4v) is 1.00. The van der Waals surface area contributed by atoms with Gasteiger partial charge in [0.05, 0.1) is 12.2 Å². The van der Waals surface area contributed by atoms with Crippen molar-refractivity contribution in [2.75, 3.05) is 13.1 Å². The minimum Gasteiger partial charge on any atom is -0.392 e. The molecule has 0 bridgehead atoms. The van der Waals surface area contributed by atoms with Crippen molar-refractivity contribution in [3.8, 4) is 0 Å². The lowest BCUT2D eigenvalue weighted by Crippen LogP contribution is -2.31. The predicted octanol–water partition coefficient (Wildman–Crippen LogP) is 0.508. The van der Waals surface area contributed by atoms with E-state index >= 15 is 0 Å². The van der Waals surface area contributed by atoms with Crippen LogP contribution in [0.2, 0.25) is 0 Å². The van der Waals surface area contributed by atoms with Gasteiger partial charge in [0, 0.05) is 13.1 Å². The quantitative estimate of drug-likeness (QED) is 0.528. The van der Waals surface area contributed by atoms with E-state index in [2.05, 4.69) is 12.2 Å². The molecule has 0 fully saturated rings. The molecule has 3 nitrogen and oxygen atoms in total. The van der Waals surface area contributed by atoms with Crippen LogP contribution in [0.25, 0.3) is 0 Å². The molecule has 2 unspecified atom stereocenters. The van der Waals surface area contributed by atoms with E-state index in [1.807, 2.05) is 0 Å². The molecule has 0 aromatic heterocycles. The van der Waals surface area contributed by atoms with Gasteiger partial charge in [-0.05, 0) is 13.3 Å². The molecule has 2 atom stereocenters. The van der Waals surface area contributed by atoms with Crippen molar-refractivity contribution in [3.63, 3.8) is 0 Å². The minimum absolute atomic E-state index is 0.260. The van der Waals surface area contributed by atoms with Gasteiger partial charge < -0.3 is 15.5 Å². The molecular weight excluding hydrogens is 154 g/mol. The molecule has 0 aliphatic rings. The topological polar surface area (TPSA) is 52.5 Å². The number of rotatable bonds is 7. The molecular formula is C9H21NO2. The fraction of sp³-hybridized carbons (Fsp3) is 1.00. The summed E-state index contributed by atoms with van der Waals surface area (Å²) in [5.74, 6) is 0. The van der Waals surface area contributed by atoms with Crippen LogP contribution >= 0.6 is 0 Å². The zero-order chi connectivity index (χ0) is 9.40. The second-order valence-electron chi connectivity index (χ2n) is 3.30. The van der Waals surface area contributed by atoms with Crippen molar-refractivity contribution in [1.29, 1.82) is 0 Å². The first-order valence-electron chi connectivity index (χ1n) is 4.73. The highest BCUT2D eigenvalue weighted by molar-refractivity contribution is 4.60. The number of hydrogen-bond acceptors (Lipinski definition) is 3. The van der Waals surface area contributed by atoms with Crippen LogP contribution in [0.1, 0.15) is 33.1 Å². The summed E-state index contributed by atoms with van der Waals surface area (Å²) in [6.45, 7) is 4.98. The average molecular weight is 175 g/mol. The zero-order valence-corrected chi connectivity index (χ0v) is 8.08. The maximum Gasteiger partial charge on any atom is 0.0664 e. The Bertz CT molecular complexity index is 96.5. The van der Waals surface area contributed by atoms with Crippen molar-refractivity contribution >= 4 is 0 Å². The van der Waals surface area contributed by atoms with Crippen LogP contribution in [0.5, 0.6) is 0 Å². The van der Waals surface area contributed by atoms with Crippen LogP contribution in [-0.2, 0) is 0 Å². The molecule has 0 heterocycles.